The van der Waals surface area contributed by atoms with Gasteiger partial charge in [0.25, 0.3) is 0 Å². The fraction of sp³-hybridized carbons (Fsp3) is 0.600. The minimum atomic E-state index is 0.0178. The van der Waals surface area contributed by atoms with E-state index in [2.05, 4.69) is 60.2 Å². The van der Waals surface area contributed by atoms with Gasteiger partial charge < -0.3 is 4.90 Å². The summed E-state index contributed by atoms with van der Waals surface area (Å²) in [5.74, 6) is 1.43. The molecule has 0 amide bonds. The second-order valence-electron chi connectivity index (χ2n) is 8.69. The molecule has 0 N–H and O–H groups in total. The Labute approximate surface area is 160 Å². The largest absolute Gasteiger partial charge is 0.301 e. The van der Waals surface area contributed by atoms with Crippen molar-refractivity contribution in [1.82, 2.24) is 34.5 Å². The van der Waals surface area contributed by atoms with E-state index in [0.29, 0.717) is 5.92 Å². The van der Waals surface area contributed by atoms with Gasteiger partial charge >= 0.3 is 0 Å². The zero-order valence-corrected chi connectivity index (χ0v) is 16.8. The average Bonchev–Trinajstić information content (AvgIpc) is 3.25. The first kappa shape index (κ1) is 18.1. The second kappa shape index (κ2) is 7.03. The van der Waals surface area contributed by atoms with Gasteiger partial charge in [0.05, 0.1) is 18.4 Å². The third-order valence-electron chi connectivity index (χ3n) is 5.42. The summed E-state index contributed by atoms with van der Waals surface area (Å²) in [6, 6.07) is 4.10. The Hall–Kier alpha value is -2.28. The molecule has 1 saturated heterocycles. The van der Waals surface area contributed by atoms with E-state index in [9.17, 15) is 0 Å². The van der Waals surface area contributed by atoms with E-state index >= 15 is 0 Å². The monoisotopic (exact) mass is 367 g/mol. The van der Waals surface area contributed by atoms with E-state index in [1.54, 1.807) is 0 Å². The molecule has 0 aliphatic carbocycles. The summed E-state index contributed by atoms with van der Waals surface area (Å²) in [7, 11) is 0. The van der Waals surface area contributed by atoms with Crippen LogP contribution in [-0.4, -0.2) is 54.1 Å². The maximum absolute atomic E-state index is 4.85. The number of aryl methyl sites for hydroxylation is 1. The van der Waals surface area contributed by atoms with Gasteiger partial charge in [0.15, 0.2) is 11.5 Å². The molecule has 0 saturated carbocycles. The molecule has 144 valence electrons. The van der Waals surface area contributed by atoms with Crippen LogP contribution in [0.1, 0.15) is 56.6 Å². The number of aromatic nitrogens is 6. The number of hydrogen-bond donors (Lipinski definition) is 0. The van der Waals surface area contributed by atoms with Crippen molar-refractivity contribution in [2.45, 2.75) is 58.4 Å². The maximum atomic E-state index is 4.85. The van der Waals surface area contributed by atoms with Gasteiger partial charge in [-0.15, -0.1) is 10.2 Å². The summed E-state index contributed by atoms with van der Waals surface area (Å²) in [5, 5.41) is 18.0. The van der Waals surface area contributed by atoms with Gasteiger partial charge in [-0.05, 0) is 50.6 Å². The number of piperidine rings is 1. The van der Waals surface area contributed by atoms with Crippen LogP contribution in [-0.2, 0) is 12.0 Å². The van der Waals surface area contributed by atoms with E-state index in [4.69, 9.17) is 5.10 Å². The number of likely N-dealkylation sites (tertiary alicyclic amines) is 1. The molecule has 0 spiro atoms. The van der Waals surface area contributed by atoms with Crippen LogP contribution in [0.4, 0.5) is 0 Å². The first-order chi connectivity index (χ1) is 12.9. The summed E-state index contributed by atoms with van der Waals surface area (Å²) in [4.78, 5) is 2.52. The highest BCUT2D eigenvalue weighted by Crippen LogP contribution is 2.27. The lowest BCUT2D eigenvalue weighted by molar-refractivity contribution is 0.199. The maximum Gasteiger partial charge on any atom is 0.177 e. The second-order valence-corrected chi connectivity index (χ2v) is 8.69. The fourth-order valence-corrected chi connectivity index (χ4v) is 3.71. The minimum Gasteiger partial charge on any atom is -0.301 e. The highest BCUT2D eigenvalue weighted by Gasteiger charge is 2.26. The van der Waals surface area contributed by atoms with E-state index in [-0.39, 0.29) is 5.41 Å². The summed E-state index contributed by atoms with van der Waals surface area (Å²) in [6.45, 7) is 12.8. The average molecular weight is 368 g/mol. The lowest BCUT2D eigenvalue weighted by atomic mass is 9.92. The van der Waals surface area contributed by atoms with Crippen LogP contribution in [0.25, 0.3) is 5.65 Å². The van der Waals surface area contributed by atoms with Gasteiger partial charge in [-0.3, -0.25) is 4.68 Å². The molecule has 0 unspecified atom stereocenters. The van der Waals surface area contributed by atoms with Crippen LogP contribution in [0.2, 0.25) is 0 Å². The fourth-order valence-electron chi connectivity index (χ4n) is 3.71. The number of rotatable bonds is 4. The molecule has 3 aromatic heterocycles. The molecule has 0 atom stereocenters. The molecule has 7 heteroatoms. The molecule has 0 bridgehead atoms. The third kappa shape index (κ3) is 3.88. The van der Waals surface area contributed by atoms with Gasteiger partial charge in [0.2, 0.25) is 0 Å². The van der Waals surface area contributed by atoms with Crippen molar-refractivity contribution in [3.63, 3.8) is 0 Å². The molecule has 27 heavy (non-hydrogen) atoms. The van der Waals surface area contributed by atoms with Crippen LogP contribution >= 0.6 is 0 Å². The topological polar surface area (TPSA) is 64.1 Å². The molecule has 0 radical (unpaired) electrons. The molecular weight excluding hydrogens is 338 g/mol. The number of nitrogens with zero attached hydrogens (tertiary/aromatic N) is 7. The van der Waals surface area contributed by atoms with Gasteiger partial charge in [-0.1, -0.05) is 20.8 Å². The first-order valence-electron chi connectivity index (χ1n) is 9.84. The van der Waals surface area contributed by atoms with Crippen LogP contribution in [0.3, 0.4) is 0 Å². The van der Waals surface area contributed by atoms with Crippen molar-refractivity contribution < 1.29 is 0 Å². The highest BCUT2D eigenvalue weighted by molar-refractivity contribution is 5.37. The lowest BCUT2D eigenvalue weighted by Crippen LogP contribution is -2.35. The van der Waals surface area contributed by atoms with Gasteiger partial charge in [-0.25, -0.2) is 0 Å². The van der Waals surface area contributed by atoms with E-state index in [1.165, 1.54) is 5.56 Å². The van der Waals surface area contributed by atoms with E-state index in [1.807, 2.05) is 21.5 Å². The number of fused-ring (bicyclic) bond motifs is 1. The van der Waals surface area contributed by atoms with Gasteiger partial charge in [0, 0.05) is 24.1 Å². The van der Waals surface area contributed by atoms with Crippen LogP contribution < -0.4 is 0 Å². The Morgan fingerprint density at radius 2 is 1.85 bits per heavy atom. The zero-order chi connectivity index (χ0) is 19.0. The molecule has 1 fully saturated rings. The Balaban J connectivity index is 1.42. The first-order valence-corrected chi connectivity index (χ1v) is 9.84. The third-order valence-corrected chi connectivity index (χ3v) is 5.42. The molecule has 3 aromatic rings. The standard InChI is InChI=1S/C20H29N7/c1-15-13-21-26(14-15)12-11-25-9-7-16(8-10-25)19-23-22-18-6-5-17(20(2,3)4)24-27(18)19/h5-6,13-14,16H,7-12H2,1-4H3. The van der Waals surface area contributed by atoms with Crippen molar-refractivity contribution in [2.24, 2.45) is 0 Å². The van der Waals surface area contributed by atoms with E-state index < -0.39 is 0 Å². The van der Waals surface area contributed by atoms with E-state index in [0.717, 1.165) is 56.2 Å². The molecule has 4 rings (SSSR count). The highest BCUT2D eigenvalue weighted by atomic mass is 15.4. The SMILES string of the molecule is Cc1cnn(CCN2CCC(c3nnc4ccc(C(C)(C)C)nn34)CC2)c1. The lowest BCUT2D eigenvalue weighted by Gasteiger charge is -2.31. The quantitative estimate of drug-likeness (QED) is 0.709. The van der Waals surface area contributed by atoms with Crippen LogP contribution in [0, 0.1) is 6.92 Å². The molecule has 4 heterocycles. The van der Waals surface area contributed by atoms with Crippen molar-refractivity contribution >= 4 is 5.65 Å². The van der Waals surface area contributed by atoms with Crippen molar-refractivity contribution in [3.05, 3.63) is 41.6 Å². The molecule has 0 aromatic carbocycles. The molecule has 1 aliphatic rings. The van der Waals surface area contributed by atoms with Crippen molar-refractivity contribution in [2.75, 3.05) is 19.6 Å². The Bertz CT molecular complexity index is 910. The Morgan fingerprint density at radius 3 is 2.52 bits per heavy atom. The molecular formula is C20H29N7. The summed E-state index contributed by atoms with van der Waals surface area (Å²) in [5.41, 5.74) is 3.15. The summed E-state index contributed by atoms with van der Waals surface area (Å²) >= 11 is 0. The van der Waals surface area contributed by atoms with Crippen LogP contribution in [0.5, 0.6) is 0 Å². The van der Waals surface area contributed by atoms with Crippen molar-refractivity contribution in [3.8, 4) is 0 Å². The Morgan fingerprint density at radius 1 is 1.07 bits per heavy atom. The summed E-state index contributed by atoms with van der Waals surface area (Å²) in [6.07, 6.45) is 6.22. The normalized spacial score (nSPS) is 17.0. The molecule has 1 aliphatic heterocycles. The van der Waals surface area contributed by atoms with Gasteiger partial charge in [0.1, 0.15) is 0 Å². The number of hydrogen-bond acceptors (Lipinski definition) is 5. The smallest absolute Gasteiger partial charge is 0.177 e. The Kier molecular flexibility index (Phi) is 4.72. The van der Waals surface area contributed by atoms with Gasteiger partial charge in [-0.2, -0.15) is 14.7 Å². The predicted octanol–water partition coefficient (Wildman–Crippen LogP) is 2.81. The minimum absolute atomic E-state index is 0.0178. The van der Waals surface area contributed by atoms with Crippen molar-refractivity contribution in [1.29, 1.82) is 0 Å². The summed E-state index contributed by atoms with van der Waals surface area (Å²) < 4.78 is 4.00. The van der Waals surface area contributed by atoms with Crippen LogP contribution in [0.15, 0.2) is 24.5 Å². The zero-order valence-electron chi connectivity index (χ0n) is 16.8. The molecule has 7 nitrogen and oxygen atoms in total. The predicted molar refractivity (Wildman–Crippen MR) is 105 cm³/mol.